The highest BCUT2D eigenvalue weighted by molar-refractivity contribution is 5.88. The first-order chi connectivity index (χ1) is 12.2. The summed E-state index contributed by atoms with van der Waals surface area (Å²) in [6.45, 7) is 0.302. The molecule has 7 nitrogen and oxygen atoms in total. The number of pyridine rings is 1. The third-order valence-corrected chi connectivity index (χ3v) is 3.82. The van der Waals surface area contributed by atoms with Gasteiger partial charge in [0.05, 0.1) is 6.54 Å². The summed E-state index contributed by atoms with van der Waals surface area (Å²) in [7, 11) is 1.78. The Morgan fingerprint density at radius 1 is 1.08 bits per heavy atom. The second-order valence-corrected chi connectivity index (χ2v) is 5.64. The van der Waals surface area contributed by atoms with Crippen LogP contribution in [-0.2, 0) is 26.4 Å². The van der Waals surface area contributed by atoms with E-state index in [0.29, 0.717) is 18.2 Å². The molecule has 0 unspecified atom stereocenters. The summed E-state index contributed by atoms with van der Waals surface area (Å²) >= 11 is 0. The van der Waals surface area contributed by atoms with Gasteiger partial charge in [-0.05, 0) is 36.1 Å². The van der Waals surface area contributed by atoms with E-state index in [0.717, 1.165) is 18.4 Å². The Kier molecular flexibility index (Phi) is 5.36. The number of anilines is 1. The number of hydrogen-bond acceptors (Lipinski definition) is 4. The highest BCUT2D eigenvalue weighted by Crippen LogP contribution is 2.11. The summed E-state index contributed by atoms with van der Waals surface area (Å²) in [4.78, 5) is 20.2. The summed E-state index contributed by atoms with van der Waals surface area (Å²) in [5, 5.41) is 9.44. The Hall–Kier alpha value is -3.22. The lowest BCUT2D eigenvalue weighted by atomic mass is 10.1. The topological polar surface area (TPSA) is 84.7 Å². The van der Waals surface area contributed by atoms with E-state index in [1.165, 1.54) is 11.9 Å². The minimum Gasteiger partial charge on any atom is -0.331 e. The van der Waals surface area contributed by atoms with Crippen molar-refractivity contribution >= 4 is 11.8 Å². The minimum atomic E-state index is -0.323. The number of aryl methyl sites for hydroxylation is 3. The molecule has 0 aliphatic heterocycles. The molecule has 0 saturated carbocycles. The predicted molar refractivity (Wildman–Crippen MR) is 94.9 cm³/mol. The number of benzene rings is 1. The van der Waals surface area contributed by atoms with Gasteiger partial charge in [-0.3, -0.25) is 10.00 Å². The monoisotopic (exact) mass is 336 g/mol. The fourth-order valence-corrected chi connectivity index (χ4v) is 2.43. The number of carbonyl (C=O) groups is 1. The van der Waals surface area contributed by atoms with Gasteiger partial charge in [-0.1, -0.05) is 30.3 Å². The van der Waals surface area contributed by atoms with Gasteiger partial charge < -0.3 is 5.32 Å². The molecule has 25 heavy (non-hydrogen) atoms. The highest BCUT2D eigenvalue weighted by atomic mass is 16.2. The van der Waals surface area contributed by atoms with Crippen molar-refractivity contribution in [3.8, 4) is 0 Å². The fraction of sp³-hybridized carbons (Fsp3) is 0.222. The summed E-state index contributed by atoms with van der Waals surface area (Å²) in [5.41, 5.74) is 2.41. The van der Waals surface area contributed by atoms with Crippen molar-refractivity contribution < 1.29 is 4.79 Å². The Labute approximate surface area is 146 Å². The van der Waals surface area contributed by atoms with Gasteiger partial charge >= 0.3 is 6.03 Å². The van der Waals surface area contributed by atoms with Crippen molar-refractivity contribution in [2.75, 3.05) is 5.32 Å². The maximum atomic E-state index is 12.0. The number of aromatic nitrogens is 4. The average molecular weight is 336 g/mol. The first kappa shape index (κ1) is 16.6. The molecule has 0 fully saturated rings. The third-order valence-electron chi connectivity index (χ3n) is 3.82. The van der Waals surface area contributed by atoms with Gasteiger partial charge in [0.1, 0.15) is 18.0 Å². The molecule has 7 heteroatoms. The van der Waals surface area contributed by atoms with Crippen LogP contribution < -0.4 is 10.6 Å². The van der Waals surface area contributed by atoms with E-state index in [2.05, 4.69) is 37.8 Å². The molecular weight excluding hydrogens is 316 g/mol. The van der Waals surface area contributed by atoms with E-state index in [1.54, 1.807) is 17.9 Å². The number of urea groups is 1. The minimum absolute atomic E-state index is 0.302. The van der Waals surface area contributed by atoms with E-state index < -0.39 is 0 Å². The van der Waals surface area contributed by atoms with E-state index in [-0.39, 0.29) is 6.03 Å². The van der Waals surface area contributed by atoms with Gasteiger partial charge in [0.25, 0.3) is 0 Å². The molecule has 0 atom stereocenters. The Morgan fingerprint density at radius 2 is 1.88 bits per heavy atom. The van der Waals surface area contributed by atoms with E-state index in [1.807, 2.05) is 30.3 Å². The van der Waals surface area contributed by atoms with Crippen molar-refractivity contribution in [1.29, 1.82) is 0 Å². The van der Waals surface area contributed by atoms with Crippen LogP contribution in [0.1, 0.15) is 17.0 Å². The third kappa shape index (κ3) is 4.87. The molecule has 0 radical (unpaired) electrons. The Balaban J connectivity index is 1.52. The normalized spacial score (nSPS) is 10.4. The summed E-state index contributed by atoms with van der Waals surface area (Å²) < 4.78 is 1.61. The van der Waals surface area contributed by atoms with Crippen molar-refractivity contribution in [3.63, 3.8) is 0 Å². The van der Waals surface area contributed by atoms with Crippen molar-refractivity contribution in [2.24, 2.45) is 7.05 Å². The van der Waals surface area contributed by atoms with Crippen molar-refractivity contribution in [3.05, 3.63) is 71.9 Å². The second-order valence-electron chi connectivity index (χ2n) is 5.64. The van der Waals surface area contributed by atoms with Crippen molar-refractivity contribution in [1.82, 2.24) is 25.1 Å². The molecule has 2 amide bonds. The second kappa shape index (κ2) is 8.05. The standard InChI is InChI=1S/C18H20N6O/c1-24-17(21-13-22-24)12-20-18(25)23-16-11-15(9-10-19-16)8-7-14-5-3-2-4-6-14/h2-6,9-11,13H,7-8,12H2,1H3,(H2,19,20,23,25). The number of amides is 2. The molecule has 0 aliphatic carbocycles. The number of hydrogen-bond donors (Lipinski definition) is 2. The summed E-state index contributed by atoms with van der Waals surface area (Å²) in [6.07, 6.45) is 5.00. The molecule has 0 bridgehead atoms. The molecule has 128 valence electrons. The molecule has 0 spiro atoms. The zero-order chi connectivity index (χ0) is 17.5. The van der Waals surface area contributed by atoms with Crippen LogP contribution in [0, 0.1) is 0 Å². The maximum absolute atomic E-state index is 12.0. The predicted octanol–water partition coefficient (Wildman–Crippen LogP) is 2.32. The lowest BCUT2D eigenvalue weighted by Gasteiger charge is -2.08. The van der Waals surface area contributed by atoms with E-state index in [9.17, 15) is 4.79 Å². The van der Waals surface area contributed by atoms with Gasteiger partial charge in [-0.2, -0.15) is 5.10 Å². The number of rotatable bonds is 6. The van der Waals surface area contributed by atoms with Crippen LogP contribution in [0.25, 0.3) is 0 Å². The molecule has 1 aromatic carbocycles. The Morgan fingerprint density at radius 3 is 2.64 bits per heavy atom. The smallest absolute Gasteiger partial charge is 0.320 e. The number of nitrogens with one attached hydrogen (secondary N) is 2. The maximum Gasteiger partial charge on any atom is 0.320 e. The molecule has 0 aliphatic rings. The average Bonchev–Trinajstić information content (AvgIpc) is 3.04. The van der Waals surface area contributed by atoms with Crippen LogP contribution in [-0.4, -0.2) is 25.8 Å². The first-order valence-electron chi connectivity index (χ1n) is 8.07. The summed E-state index contributed by atoms with van der Waals surface area (Å²) in [5.74, 6) is 1.21. The molecular formula is C18H20N6O. The fourth-order valence-electron chi connectivity index (χ4n) is 2.43. The highest BCUT2D eigenvalue weighted by Gasteiger charge is 2.06. The van der Waals surface area contributed by atoms with Gasteiger partial charge in [0.2, 0.25) is 0 Å². The van der Waals surface area contributed by atoms with Gasteiger partial charge in [0, 0.05) is 13.2 Å². The molecule has 2 heterocycles. The van der Waals surface area contributed by atoms with Crippen LogP contribution in [0.4, 0.5) is 10.6 Å². The first-order valence-corrected chi connectivity index (χ1v) is 8.07. The lowest BCUT2D eigenvalue weighted by molar-refractivity contribution is 0.251. The van der Waals surface area contributed by atoms with E-state index >= 15 is 0 Å². The van der Waals surface area contributed by atoms with Crippen LogP contribution >= 0.6 is 0 Å². The molecule has 2 aromatic heterocycles. The van der Waals surface area contributed by atoms with Crippen molar-refractivity contribution in [2.45, 2.75) is 19.4 Å². The van der Waals surface area contributed by atoms with Crippen LogP contribution in [0.15, 0.2) is 55.0 Å². The quantitative estimate of drug-likeness (QED) is 0.723. The number of carbonyl (C=O) groups excluding carboxylic acids is 1. The molecule has 0 saturated heterocycles. The summed E-state index contributed by atoms with van der Waals surface area (Å²) in [6, 6.07) is 13.8. The number of nitrogens with zero attached hydrogens (tertiary/aromatic N) is 4. The SMILES string of the molecule is Cn1ncnc1CNC(=O)Nc1cc(CCc2ccccc2)ccn1. The van der Waals surface area contributed by atoms with Gasteiger partial charge in [-0.15, -0.1) is 0 Å². The Bertz CT molecular complexity index is 830. The van der Waals surface area contributed by atoms with Crippen LogP contribution in [0.5, 0.6) is 0 Å². The zero-order valence-corrected chi connectivity index (χ0v) is 14.0. The van der Waals surface area contributed by atoms with Crippen LogP contribution in [0.2, 0.25) is 0 Å². The van der Waals surface area contributed by atoms with Crippen LogP contribution in [0.3, 0.4) is 0 Å². The van der Waals surface area contributed by atoms with Gasteiger partial charge in [-0.25, -0.2) is 14.8 Å². The molecule has 3 rings (SSSR count). The van der Waals surface area contributed by atoms with Gasteiger partial charge in [0.15, 0.2) is 0 Å². The lowest BCUT2D eigenvalue weighted by Crippen LogP contribution is -2.29. The largest absolute Gasteiger partial charge is 0.331 e. The molecule has 3 aromatic rings. The zero-order valence-electron chi connectivity index (χ0n) is 14.0. The molecule has 2 N–H and O–H groups in total. The van der Waals surface area contributed by atoms with E-state index in [4.69, 9.17) is 0 Å².